The van der Waals surface area contributed by atoms with Crippen LogP contribution in [0.2, 0.25) is 0 Å². The van der Waals surface area contributed by atoms with Crippen LogP contribution in [0.5, 0.6) is 0 Å². The highest BCUT2D eigenvalue weighted by Crippen LogP contribution is 2.74. The second kappa shape index (κ2) is 7.22. The van der Waals surface area contributed by atoms with E-state index in [2.05, 4.69) is 53.7 Å². The third-order valence-electron chi connectivity index (χ3n) is 12.6. The summed E-state index contributed by atoms with van der Waals surface area (Å²) in [4.78, 5) is 12.7. The molecule has 3 fully saturated rings. The molecule has 5 aliphatic carbocycles. The van der Waals surface area contributed by atoms with Gasteiger partial charge in [0.1, 0.15) is 0 Å². The first kappa shape index (κ1) is 24.6. The third-order valence-corrected chi connectivity index (χ3v) is 12.6. The molecule has 3 N–H and O–H groups in total. The van der Waals surface area contributed by atoms with Gasteiger partial charge < -0.3 is 15.3 Å². The van der Waals surface area contributed by atoms with Crippen molar-refractivity contribution in [2.45, 2.75) is 105 Å². The molecule has 0 aromatic carbocycles. The summed E-state index contributed by atoms with van der Waals surface area (Å²) in [6.45, 7) is 14.0. The van der Waals surface area contributed by atoms with Gasteiger partial charge in [0.25, 0.3) is 0 Å². The van der Waals surface area contributed by atoms with Crippen LogP contribution >= 0.6 is 0 Å². The first-order chi connectivity index (χ1) is 15.7. The summed E-state index contributed by atoms with van der Waals surface area (Å²) in [7, 11) is 0. The van der Waals surface area contributed by atoms with Gasteiger partial charge in [0, 0.05) is 5.41 Å². The molecule has 2 unspecified atom stereocenters. The molecule has 5 aliphatic rings. The minimum Gasteiger partial charge on any atom is -0.481 e. The molecule has 0 aliphatic heterocycles. The maximum absolute atomic E-state index is 12.7. The Hall–Kier alpha value is -1.13. The van der Waals surface area contributed by atoms with Crippen molar-refractivity contribution in [3.05, 3.63) is 23.3 Å². The molecule has 0 saturated heterocycles. The molecular weight excluding hydrogens is 424 g/mol. The maximum Gasteiger partial charge on any atom is 0.313 e. The Morgan fingerprint density at radius 3 is 2.29 bits per heavy atom. The van der Waals surface area contributed by atoms with Crippen LogP contribution in [0.4, 0.5) is 0 Å². The zero-order chi connectivity index (χ0) is 24.9. The monoisotopic (exact) mass is 470 g/mol. The number of carbonyl (C=O) groups is 1. The fourth-order valence-corrected chi connectivity index (χ4v) is 9.98. The molecule has 5 rings (SSSR count). The highest BCUT2D eigenvalue weighted by atomic mass is 16.4. The van der Waals surface area contributed by atoms with Crippen molar-refractivity contribution in [2.75, 3.05) is 6.61 Å². The number of hydrogen-bond acceptors (Lipinski definition) is 3. The number of aliphatic hydroxyl groups excluding tert-OH is 2. The molecule has 0 bridgehead atoms. The van der Waals surface area contributed by atoms with Crippen molar-refractivity contribution in [1.82, 2.24) is 0 Å². The van der Waals surface area contributed by atoms with Crippen LogP contribution in [0.3, 0.4) is 0 Å². The van der Waals surface area contributed by atoms with E-state index in [9.17, 15) is 20.1 Å². The summed E-state index contributed by atoms with van der Waals surface area (Å²) < 4.78 is 0. The Morgan fingerprint density at radius 2 is 1.65 bits per heavy atom. The molecule has 0 radical (unpaired) electrons. The van der Waals surface area contributed by atoms with E-state index in [-0.39, 0.29) is 34.2 Å². The van der Waals surface area contributed by atoms with Crippen LogP contribution in [0.15, 0.2) is 23.3 Å². The quantitative estimate of drug-likeness (QED) is 0.454. The van der Waals surface area contributed by atoms with Gasteiger partial charge in [-0.3, -0.25) is 4.79 Å². The van der Waals surface area contributed by atoms with E-state index < -0.39 is 22.9 Å². The zero-order valence-corrected chi connectivity index (χ0v) is 22.2. The lowest BCUT2D eigenvalue weighted by Crippen LogP contribution is -2.64. The Labute approximate surface area is 205 Å². The molecule has 0 aromatic heterocycles. The lowest BCUT2D eigenvalue weighted by molar-refractivity contribution is -0.198. The predicted octanol–water partition coefficient (Wildman–Crippen LogP) is 6.13. The topological polar surface area (TPSA) is 77.8 Å². The SMILES string of the molecule is CC1(C)CC[C@]2(C(=O)O)CC[C@]3(C)C(=C2C1)C=CC1[C@@]2(C)CC[C@@H](O)[C@@](C)(CO)C2CC[C@]13C. The second-order valence-corrected chi connectivity index (χ2v) is 14.5. The fourth-order valence-electron chi connectivity index (χ4n) is 9.98. The minimum atomic E-state index is -0.691. The molecule has 4 heteroatoms. The molecule has 0 heterocycles. The van der Waals surface area contributed by atoms with E-state index in [1.807, 2.05) is 0 Å². The average Bonchev–Trinajstić information content (AvgIpc) is 2.76. The number of fused-ring (bicyclic) bond motifs is 6. The first-order valence-electron chi connectivity index (χ1n) is 13.6. The van der Waals surface area contributed by atoms with E-state index >= 15 is 0 Å². The molecule has 8 atom stereocenters. The van der Waals surface area contributed by atoms with Gasteiger partial charge in [-0.15, -0.1) is 0 Å². The highest BCUT2D eigenvalue weighted by Gasteiger charge is 2.67. The van der Waals surface area contributed by atoms with Crippen molar-refractivity contribution in [3.63, 3.8) is 0 Å². The maximum atomic E-state index is 12.7. The summed E-state index contributed by atoms with van der Waals surface area (Å²) >= 11 is 0. The van der Waals surface area contributed by atoms with Crippen molar-refractivity contribution < 1.29 is 20.1 Å². The predicted molar refractivity (Wildman–Crippen MR) is 134 cm³/mol. The standard InChI is InChI=1S/C30H46O4/c1-25(2)13-15-30(24(33)34)16-14-28(5)19(20(30)17-25)7-8-22-26(3)11-10-23(32)27(4,18-31)21(26)9-12-29(22,28)6/h7-8,21-23,31-32H,9-18H2,1-6H3,(H,33,34)/t21?,22?,23-,26+,27+,28-,29-,30+/m1/s1. The van der Waals surface area contributed by atoms with E-state index in [0.717, 1.165) is 57.8 Å². The van der Waals surface area contributed by atoms with Gasteiger partial charge in [-0.2, -0.15) is 0 Å². The number of allylic oxidation sites excluding steroid dienone is 3. The van der Waals surface area contributed by atoms with Crippen molar-refractivity contribution in [3.8, 4) is 0 Å². The summed E-state index contributed by atoms with van der Waals surface area (Å²) in [6.07, 6.45) is 12.4. The van der Waals surface area contributed by atoms with Gasteiger partial charge in [0.15, 0.2) is 0 Å². The molecule has 3 saturated carbocycles. The molecule has 0 amide bonds. The Balaban J connectivity index is 1.67. The average molecular weight is 471 g/mol. The normalized spacial score (nSPS) is 51.7. The largest absolute Gasteiger partial charge is 0.481 e. The van der Waals surface area contributed by atoms with Crippen molar-refractivity contribution >= 4 is 5.97 Å². The Kier molecular flexibility index (Phi) is 5.21. The Bertz CT molecular complexity index is 963. The second-order valence-electron chi connectivity index (χ2n) is 14.5. The molecule has 0 aromatic rings. The van der Waals surface area contributed by atoms with Crippen molar-refractivity contribution in [1.29, 1.82) is 0 Å². The van der Waals surface area contributed by atoms with Crippen molar-refractivity contribution in [2.24, 2.45) is 44.3 Å². The lowest BCUT2D eigenvalue weighted by Gasteiger charge is -2.69. The molecule has 190 valence electrons. The summed E-state index contributed by atoms with van der Waals surface area (Å²) in [6, 6.07) is 0. The lowest BCUT2D eigenvalue weighted by atomic mass is 9.35. The minimum absolute atomic E-state index is 0.0204. The summed E-state index contributed by atoms with van der Waals surface area (Å²) in [5.41, 5.74) is 1.55. The number of carboxylic acid groups (broad SMARTS) is 1. The van der Waals surface area contributed by atoms with E-state index in [1.165, 1.54) is 11.1 Å². The van der Waals surface area contributed by atoms with Crippen LogP contribution in [0.25, 0.3) is 0 Å². The summed E-state index contributed by atoms with van der Waals surface area (Å²) in [5.74, 6) is 0.0221. The molecule has 34 heavy (non-hydrogen) atoms. The van der Waals surface area contributed by atoms with E-state index in [4.69, 9.17) is 0 Å². The number of carboxylic acids is 1. The zero-order valence-electron chi connectivity index (χ0n) is 22.2. The summed E-state index contributed by atoms with van der Waals surface area (Å²) in [5, 5.41) is 31.8. The van der Waals surface area contributed by atoms with Crippen LogP contribution in [0, 0.1) is 44.3 Å². The van der Waals surface area contributed by atoms with Gasteiger partial charge in [-0.1, -0.05) is 53.7 Å². The molecular formula is C30H46O4. The van der Waals surface area contributed by atoms with Gasteiger partial charge >= 0.3 is 5.97 Å². The third kappa shape index (κ3) is 2.82. The van der Waals surface area contributed by atoms with E-state index in [1.54, 1.807) is 0 Å². The van der Waals surface area contributed by atoms with Crippen LogP contribution in [-0.2, 0) is 4.79 Å². The van der Waals surface area contributed by atoms with Gasteiger partial charge in [0.2, 0.25) is 0 Å². The fraction of sp³-hybridized carbons (Fsp3) is 0.833. The van der Waals surface area contributed by atoms with Gasteiger partial charge in [-0.05, 0) is 102 Å². The molecule has 4 nitrogen and oxygen atoms in total. The highest BCUT2D eigenvalue weighted by molar-refractivity contribution is 5.80. The van der Waals surface area contributed by atoms with Gasteiger partial charge in [0.05, 0.1) is 18.1 Å². The van der Waals surface area contributed by atoms with E-state index in [0.29, 0.717) is 5.92 Å². The number of hydrogen-bond donors (Lipinski definition) is 3. The molecule has 0 spiro atoms. The smallest absolute Gasteiger partial charge is 0.313 e. The van der Waals surface area contributed by atoms with Crippen LogP contribution in [-0.4, -0.2) is 34.0 Å². The number of rotatable bonds is 2. The van der Waals surface area contributed by atoms with Crippen LogP contribution in [0.1, 0.15) is 99.3 Å². The number of aliphatic carboxylic acids is 1. The Morgan fingerprint density at radius 1 is 0.971 bits per heavy atom. The van der Waals surface area contributed by atoms with Gasteiger partial charge in [-0.25, -0.2) is 0 Å². The van der Waals surface area contributed by atoms with Crippen LogP contribution < -0.4 is 0 Å². The number of aliphatic hydroxyl groups is 2. The first-order valence-corrected chi connectivity index (χ1v) is 13.6.